The van der Waals surface area contributed by atoms with Crippen LogP contribution in [0.25, 0.3) is 0 Å². The Morgan fingerprint density at radius 1 is 1.19 bits per heavy atom. The van der Waals surface area contributed by atoms with E-state index in [-0.39, 0.29) is 11.3 Å². The molecule has 0 radical (unpaired) electrons. The van der Waals surface area contributed by atoms with Crippen LogP contribution in [0.1, 0.15) is 27.7 Å². The van der Waals surface area contributed by atoms with Gasteiger partial charge in [0.2, 0.25) is 0 Å². The van der Waals surface area contributed by atoms with Gasteiger partial charge in [-0.05, 0) is 35.9 Å². The van der Waals surface area contributed by atoms with Crippen molar-refractivity contribution in [1.82, 2.24) is 9.78 Å². The molecule has 3 aromatic rings. The van der Waals surface area contributed by atoms with Gasteiger partial charge in [0.1, 0.15) is 0 Å². The molecule has 2 heterocycles. The molecule has 0 atom stereocenters. The highest BCUT2D eigenvalue weighted by Gasteiger charge is 2.08. The van der Waals surface area contributed by atoms with Crippen molar-refractivity contribution in [3.8, 4) is 0 Å². The molecule has 0 N–H and O–H groups in total. The molecule has 2 aromatic heterocycles. The van der Waals surface area contributed by atoms with Crippen LogP contribution in [0.4, 0.5) is 5.69 Å². The number of aromatic nitrogens is 2. The third-order valence-electron chi connectivity index (χ3n) is 4.21. The Morgan fingerprint density at radius 3 is 2.62 bits per heavy atom. The summed E-state index contributed by atoms with van der Waals surface area (Å²) >= 11 is 1.39. The first-order chi connectivity index (χ1) is 12.5. The predicted octanol–water partition coefficient (Wildman–Crippen LogP) is 3.23. The second kappa shape index (κ2) is 8.10. The minimum absolute atomic E-state index is 0.0388. The van der Waals surface area contributed by atoms with Gasteiger partial charge in [-0.1, -0.05) is 30.3 Å². The molecule has 0 spiro atoms. The summed E-state index contributed by atoms with van der Waals surface area (Å²) in [4.78, 5) is 26.5. The molecule has 0 amide bonds. The van der Waals surface area contributed by atoms with Gasteiger partial charge in [-0.2, -0.15) is 5.10 Å². The largest absolute Gasteiger partial charge is 0.373 e. The van der Waals surface area contributed by atoms with Crippen molar-refractivity contribution >= 4 is 22.8 Å². The summed E-state index contributed by atoms with van der Waals surface area (Å²) in [5, 5.41) is 6.18. The van der Waals surface area contributed by atoms with Gasteiger partial charge in [0.15, 0.2) is 5.78 Å². The molecule has 134 valence electrons. The van der Waals surface area contributed by atoms with Crippen LogP contribution in [0.15, 0.2) is 58.8 Å². The van der Waals surface area contributed by atoms with Crippen molar-refractivity contribution in [1.29, 1.82) is 0 Å². The summed E-state index contributed by atoms with van der Waals surface area (Å²) in [6.45, 7) is 2.72. The highest BCUT2D eigenvalue weighted by molar-refractivity contribution is 7.12. The maximum Gasteiger partial charge on any atom is 0.269 e. The zero-order chi connectivity index (χ0) is 18.5. The molecular weight excluding hydrogens is 346 g/mol. The molecule has 0 bridgehead atoms. The summed E-state index contributed by atoms with van der Waals surface area (Å²) in [6, 6.07) is 13.7. The summed E-state index contributed by atoms with van der Waals surface area (Å²) in [6.07, 6.45) is 2.62. The Bertz CT molecular complexity index is 947. The second-order valence-corrected chi connectivity index (χ2v) is 7.15. The number of rotatable bonds is 7. The number of hydrogen-bond donors (Lipinski definition) is 0. The lowest BCUT2D eigenvalue weighted by atomic mass is 10.1. The van der Waals surface area contributed by atoms with E-state index in [0.717, 1.165) is 24.2 Å². The highest BCUT2D eigenvalue weighted by atomic mass is 32.1. The molecule has 5 nitrogen and oxygen atoms in total. The van der Waals surface area contributed by atoms with Crippen LogP contribution in [0.2, 0.25) is 0 Å². The zero-order valence-electron chi connectivity index (χ0n) is 14.9. The fraction of sp³-hybridized carbons (Fsp3) is 0.250. The number of thiophene rings is 1. The minimum Gasteiger partial charge on any atom is -0.373 e. The van der Waals surface area contributed by atoms with Crippen LogP contribution in [-0.2, 0) is 13.0 Å². The Labute approximate surface area is 156 Å². The minimum atomic E-state index is -0.148. The number of carbonyl (C=O) groups excluding carboxylic acids is 1. The van der Waals surface area contributed by atoms with Gasteiger partial charge in [-0.3, -0.25) is 9.59 Å². The third-order valence-corrected chi connectivity index (χ3v) is 5.29. The van der Waals surface area contributed by atoms with Gasteiger partial charge in [-0.15, -0.1) is 11.3 Å². The molecule has 0 aliphatic carbocycles. The number of Topliss-reactive ketones (excluding diaryl/α,β-unsaturated/α-hetero) is 1. The summed E-state index contributed by atoms with van der Waals surface area (Å²) in [5.41, 5.74) is 2.83. The molecule has 0 saturated carbocycles. The Hall–Kier alpha value is -2.73. The van der Waals surface area contributed by atoms with Crippen LogP contribution in [0, 0.1) is 0 Å². The number of hydrogen-bond acceptors (Lipinski definition) is 5. The smallest absolute Gasteiger partial charge is 0.269 e. The van der Waals surface area contributed by atoms with Gasteiger partial charge >= 0.3 is 0 Å². The van der Waals surface area contributed by atoms with Crippen LogP contribution in [0.5, 0.6) is 0 Å². The number of ketones is 1. The van der Waals surface area contributed by atoms with Crippen LogP contribution < -0.4 is 10.5 Å². The van der Waals surface area contributed by atoms with Crippen molar-refractivity contribution in [2.45, 2.75) is 19.9 Å². The molecule has 3 rings (SSSR count). The third kappa shape index (κ3) is 4.46. The predicted molar refractivity (Wildman–Crippen MR) is 105 cm³/mol. The normalized spacial score (nSPS) is 10.7. The first-order valence-corrected chi connectivity index (χ1v) is 9.31. The van der Waals surface area contributed by atoms with E-state index < -0.39 is 0 Å². The lowest BCUT2D eigenvalue weighted by Gasteiger charge is -2.19. The summed E-state index contributed by atoms with van der Waals surface area (Å²) in [7, 11) is 1.96. The Kier molecular flexibility index (Phi) is 5.63. The quantitative estimate of drug-likeness (QED) is 0.602. The lowest BCUT2D eigenvalue weighted by molar-refractivity contribution is 0.102. The molecule has 26 heavy (non-hydrogen) atoms. The van der Waals surface area contributed by atoms with Crippen LogP contribution >= 0.6 is 11.3 Å². The average molecular weight is 367 g/mol. The van der Waals surface area contributed by atoms with Gasteiger partial charge in [0, 0.05) is 19.7 Å². The van der Waals surface area contributed by atoms with Crippen LogP contribution in [-0.4, -0.2) is 29.2 Å². The van der Waals surface area contributed by atoms with Crippen molar-refractivity contribution < 1.29 is 4.79 Å². The Morgan fingerprint density at radius 2 is 1.96 bits per heavy atom. The van der Waals surface area contributed by atoms with E-state index in [4.69, 9.17) is 0 Å². The first-order valence-electron chi connectivity index (χ1n) is 8.43. The van der Waals surface area contributed by atoms with Crippen molar-refractivity contribution in [3.05, 3.63) is 80.4 Å². The SMILES string of the molecule is CC(=O)c1cc(Cn2ncc(N(C)CCc3ccccc3)cc2=O)cs1. The van der Waals surface area contributed by atoms with E-state index in [1.807, 2.05) is 41.6 Å². The molecule has 0 unspecified atom stereocenters. The fourth-order valence-corrected chi connectivity index (χ4v) is 3.44. The number of anilines is 1. The topological polar surface area (TPSA) is 55.2 Å². The van der Waals surface area contributed by atoms with Gasteiger partial charge in [0.05, 0.1) is 23.3 Å². The molecule has 0 saturated heterocycles. The first kappa shape index (κ1) is 18.1. The average Bonchev–Trinajstić information content (AvgIpc) is 3.11. The molecule has 0 aliphatic heterocycles. The van der Waals surface area contributed by atoms with Gasteiger partial charge in [0.25, 0.3) is 5.56 Å². The zero-order valence-corrected chi connectivity index (χ0v) is 15.7. The number of benzene rings is 1. The molecule has 0 fully saturated rings. The lowest BCUT2D eigenvalue weighted by Crippen LogP contribution is -2.27. The van der Waals surface area contributed by atoms with Crippen LogP contribution in [0.3, 0.4) is 0 Å². The van der Waals surface area contributed by atoms with E-state index >= 15 is 0 Å². The van der Waals surface area contributed by atoms with E-state index in [0.29, 0.717) is 11.4 Å². The molecule has 6 heteroatoms. The molecule has 1 aromatic carbocycles. The maximum absolute atomic E-state index is 12.4. The van der Waals surface area contributed by atoms with E-state index in [9.17, 15) is 9.59 Å². The van der Waals surface area contributed by atoms with E-state index in [1.165, 1.54) is 21.6 Å². The number of likely N-dealkylation sites (N-methyl/N-ethyl adjacent to an activating group) is 1. The number of carbonyl (C=O) groups is 1. The van der Waals surface area contributed by atoms with Crippen molar-refractivity contribution in [3.63, 3.8) is 0 Å². The summed E-state index contributed by atoms with van der Waals surface area (Å²) < 4.78 is 1.42. The standard InChI is InChI=1S/C20H21N3O2S/c1-15(24)19-10-17(14-26-19)13-23-20(25)11-18(12-21-23)22(2)9-8-16-6-4-3-5-7-16/h3-7,10-12,14H,8-9,13H2,1-2H3. The second-order valence-electron chi connectivity index (χ2n) is 6.24. The maximum atomic E-state index is 12.4. The highest BCUT2D eigenvalue weighted by Crippen LogP contribution is 2.16. The van der Waals surface area contributed by atoms with E-state index in [1.54, 1.807) is 19.2 Å². The molecule has 0 aliphatic rings. The van der Waals surface area contributed by atoms with Gasteiger partial charge < -0.3 is 4.90 Å². The fourth-order valence-electron chi connectivity index (χ4n) is 2.64. The number of nitrogens with zero attached hydrogens (tertiary/aromatic N) is 3. The molecular formula is C20H21N3O2S. The Balaban J connectivity index is 1.66. The van der Waals surface area contributed by atoms with Crippen molar-refractivity contribution in [2.24, 2.45) is 0 Å². The monoisotopic (exact) mass is 367 g/mol. The summed E-state index contributed by atoms with van der Waals surface area (Å²) in [5.74, 6) is 0.0388. The van der Waals surface area contributed by atoms with Crippen molar-refractivity contribution in [2.75, 3.05) is 18.5 Å². The van der Waals surface area contributed by atoms with Gasteiger partial charge in [-0.25, -0.2) is 4.68 Å². The van der Waals surface area contributed by atoms with E-state index in [2.05, 4.69) is 17.2 Å².